The van der Waals surface area contributed by atoms with Crippen LogP contribution in [0.1, 0.15) is 24.2 Å². The summed E-state index contributed by atoms with van der Waals surface area (Å²) in [5.41, 5.74) is 0.663. The molecule has 0 spiro atoms. The number of fused-ring (bicyclic) bond motifs is 1. The van der Waals surface area contributed by atoms with Gasteiger partial charge >= 0.3 is 5.97 Å². The Balaban J connectivity index is 2.42. The molecule has 3 heteroatoms. The summed E-state index contributed by atoms with van der Waals surface area (Å²) in [5.74, 6) is -0.238. The fraction of sp³-hybridized carbons (Fsp3) is 0.250. The van der Waals surface area contributed by atoms with Gasteiger partial charge in [-0.05, 0) is 36.7 Å². The minimum Gasteiger partial charge on any atom is -0.459 e. The maximum absolute atomic E-state index is 11.8. The highest BCUT2D eigenvalue weighted by molar-refractivity contribution is 7.17. The monoisotopic (exact) mass is 220 g/mol. The zero-order chi connectivity index (χ0) is 10.8. The highest BCUT2D eigenvalue weighted by Gasteiger charge is 2.13. The Morgan fingerprint density at radius 3 is 2.87 bits per heavy atom. The van der Waals surface area contributed by atoms with Gasteiger partial charge in [0.25, 0.3) is 0 Å². The van der Waals surface area contributed by atoms with Crippen LogP contribution < -0.4 is 0 Å². The van der Waals surface area contributed by atoms with E-state index in [2.05, 4.69) is 0 Å². The van der Waals surface area contributed by atoms with Crippen LogP contribution in [0.5, 0.6) is 0 Å². The van der Waals surface area contributed by atoms with E-state index in [1.165, 1.54) is 0 Å². The minimum absolute atomic E-state index is 0.0762. The number of ether oxygens (including phenoxy) is 1. The molecule has 2 rings (SSSR count). The van der Waals surface area contributed by atoms with E-state index >= 15 is 0 Å². The van der Waals surface area contributed by atoms with E-state index in [0.29, 0.717) is 5.56 Å². The molecule has 0 saturated carbocycles. The van der Waals surface area contributed by atoms with Crippen molar-refractivity contribution in [3.63, 3.8) is 0 Å². The molecule has 0 bridgehead atoms. The first-order chi connectivity index (χ1) is 7.18. The average Bonchev–Trinajstić information content (AvgIpc) is 2.63. The summed E-state index contributed by atoms with van der Waals surface area (Å²) < 4.78 is 6.18. The second-order valence-corrected chi connectivity index (χ2v) is 4.51. The van der Waals surface area contributed by atoms with Gasteiger partial charge < -0.3 is 4.74 Å². The van der Waals surface area contributed by atoms with Crippen LogP contribution in [-0.2, 0) is 4.74 Å². The first-order valence-corrected chi connectivity index (χ1v) is 5.73. The van der Waals surface area contributed by atoms with Crippen LogP contribution in [0.25, 0.3) is 10.1 Å². The number of hydrogen-bond donors (Lipinski definition) is 0. The molecule has 0 fully saturated rings. The molecule has 0 atom stereocenters. The predicted octanol–water partition coefficient (Wildman–Crippen LogP) is 3.47. The van der Waals surface area contributed by atoms with Crippen molar-refractivity contribution in [2.24, 2.45) is 0 Å². The van der Waals surface area contributed by atoms with Crippen molar-refractivity contribution in [3.05, 3.63) is 35.2 Å². The summed E-state index contributed by atoms with van der Waals surface area (Å²) in [6.45, 7) is 3.71. The fourth-order valence-electron chi connectivity index (χ4n) is 1.43. The molecule has 0 amide bonds. The van der Waals surface area contributed by atoms with Gasteiger partial charge in [0.1, 0.15) is 0 Å². The van der Waals surface area contributed by atoms with Gasteiger partial charge in [0, 0.05) is 4.70 Å². The maximum atomic E-state index is 11.8. The number of benzene rings is 1. The molecule has 0 aliphatic carbocycles. The Morgan fingerprint density at radius 2 is 2.13 bits per heavy atom. The van der Waals surface area contributed by atoms with E-state index < -0.39 is 0 Å². The van der Waals surface area contributed by atoms with Gasteiger partial charge in [-0.1, -0.05) is 12.1 Å². The lowest BCUT2D eigenvalue weighted by atomic mass is 10.2. The summed E-state index contributed by atoms with van der Waals surface area (Å²) in [6.07, 6.45) is -0.0762. The van der Waals surface area contributed by atoms with Crippen molar-refractivity contribution in [1.29, 1.82) is 0 Å². The molecule has 0 unspecified atom stereocenters. The molecule has 1 heterocycles. The third-order valence-corrected chi connectivity index (χ3v) is 3.01. The quantitative estimate of drug-likeness (QED) is 0.724. The molecule has 0 N–H and O–H groups in total. The van der Waals surface area contributed by atoms with Gasteiger partial charge in [-0.2, -0.15) is 0 Å². The lowest BCUT2D eigenvalue weighted by Gasteiger charge is -2.08. The highest BCUT2D eigenvalue weighted by atomic mass is 32.1. The summed E-state index contributed by atoms with van der Waals surface area (Å²) >= 11 is 1.57. The van der Waals surface area contributed by atoms with Crippen molar-refractivity contribution in [1.82, 2.24) is 0 Å². The van der Waals surface area contributed by atoms with Crippen LogP contribution in [0.2, 0.25) is 0 Å². The van der Waals surface area contributed by atoms with Gasteiger partial charge in [-0.3, -0.25) is 0 Å². The van der Waals surface area contributed by atoms with E-state index in [-0.39, 0.29) is 12.1 Å². The minimum atomic E-state index is -0.238. The van der Waals surface area contributed by atoms with Gasteiger partial charge in [-0.25, -0.2) is 4.79 Å². The van der Waals surface area contributed by atoms with Crippen molar-refractivity contribution < 1.29 is 9.53 Å². The molecule has 2 aromatic rings. The summed E-state index contributed by atoms with van der Waals surface area (Å²) in [4.78, 5) is 11.8. The van der Waals surface area contributed by atoms with Crippen LogP contribution in [0.4, 0.5) is 0 Å². The highest BCUT2D eigenvalue weighted by Crippen LogP contribution is 2.25. The summed E-state index contributed by atoms with van der Waals surface area (Å²) in [7, 11) is 0. The van der Waals surface area contributed by atoms with Crippen LogP contribution in [0.3, 0.4) is 0 Å². The number of esters is 1. The molecule has 78 valence electrons. The van der Waals surface area contributed by atoms with Crippen molar-refractivity contribution >= 4 is 27.4 Å². The third kappa shape index (κ3) is 2.02. The predicted molar refractivity (Wildman–Crippen MR) is 62.4 cm³/mol. The zero-order valence-electron chi connectivity index (χ0n) is 8.69. The summed E-state index contributed by atoms with van der Waals surface area (Å²) in [5, 5.41) is 3.08. The number of carbonyl (C=O) groups is 1. The first kappa shape index (κ1) is 10.2. The van der Waals surface area contributed by atoms with Crippen LogP contribution in [0, 0.1) is 0 Å². The van der Waals surface area contributed by atoms with Gasteiger partial charge in [-0.15, -0.1) is 11.3 Å². The topological polar surface area (TPSA) is 26.3 Å². The molecule has 2 nitrogen and oxygen atoms in total. The normalized spacial score (nSPS) is 10.9. The van der Waals surface area contributed by atoms with Gasteiger partial charge in [0.15, 0.2) is 0 Å². The van der Waals surface area contributed by atoms with E-state index in [9.17, 15) is 4.79 Å². The average molecular weight is 220 g/mol. The summed E-state index contributed by atoms with van der Waals surface area (Å²) in [6, 6.07) is 7.69. The van der Waals surface area contributed by atoms with Crippen molar-refractivity contribution in [2.45, 2.75) is 20.0 Å². The molecule has 1 aromatic carbocycles. The van der Waals surface area contributed by atoms with Crippen LogP contribution in [0.15, 0.2) is 29.6 Å². The Hall–Kier alpha value is -1.35. The van der Waals surface area contributed by atoms with Crippen LogP contribution >= 0.6 is 11.3 Å². The molecule has 0 aliphatic heterocycles. The number of hydrogen-bond acceptors (Lipinski definition) is 3. The Bertz CT molecular complexity index is 485. The third-order valence-electron chi connectivity index (χ3n) is 2.04. The lowest BCUT2D eigenvalue weighted by molar-refractivity contribution is 0.0380. The fourth-order valence-corrected chi connectivity index (χ4v) is 2.33. The second kappa shape index (κ2) is 4.03. The lowest BCUT2D eigenvalue weighted by Crippen LogP contribution is -2.11. The molecule has 0 saturated heterocycles. The molecule has 0 radical (unpaired) electrons. The number of thiophene rings is 1. The smallest absolute Gasteiger partial charge is 0.339 e. The van der Waals surface area contributed by atoms with Crippen molar-refractivity contribution in [2.75, 3.05) is 0 Å². The Labute approximate surface area is 92.5 Å². The molecule has 1 aromatic heterocycles. The Kier molecular flexibility index (Phi) is 2.73. The van der Waals surface area contributed by atoms with Crippen molar-refractivity contribution in [3.8, 4) is 0 Å². The zero-order valence-corrected chi connectivity index (χ0v) is 9.51. The van der Waals surface area contributed by atoms with E-state index in [1.54, 1.807) is 11.3 Å². The molecular weight excluding hydrogens is 208 g/mol. The SMILES string of the molecule is CC(C)OC(=O)c1cccc2ccsc12. The maximum Gasteiger partial charge on any atom is 0.339 e. The number of rotatable bonds is 2. The first-order valence-electron chi connectivity index (χ1n) is 4.85. The van der Waals surface area contributed by atoms with Crippen LogP contribution in [-0.4, -0.2) is 12.1 Å². The molecule has 0 aliphatic rings. The van der Waals surface area contributed by atoms with E-state index in [4.69, 9.17) is 4.74 Å². The molecular formula is C12H12O2S. The van der Waals surface area contributed by atoms with E-state index in [1.807, 2.05) is 43.5 Å². The standard InChI is InChI=1S/C12H12O2S/c1-8(2)14-12(13)10-5-3-4-9-6-7-15-11(9)10/h3-8H,1-2H3. The second-order valence-electron chi connectivity index (χ2n) is 3.60. The largest absolute Gasteiger partial charge is 0.459 e. The van der Waals surface area contributed by atoms with Gasteiger partial charge in [0.05, 0.1) is 11.7 Å². The molecule has 15 heavy (non-hydrogen) atoms. The number of carbonyl (C=O) groups excluding carboxylic acids is 1. The van der Waals surface area contributed by atoms with E-state index in [0.717, 1.165) is 10.1 Å². The Morgan fingerprint density at radius 1 is 1.33 bits per heavy atom. The van der Waals surface area contributed by atoms with Gasteiger partial charge in [0.2, 0.25) is 0 Å².